The molecule has 1 aromatic heterocycles. The Bertz CT molecular complexity index is 984. The average Bonchev–Trinajstić information content (AvgIpc) is 2.64. The van der Waals surface area contributed by atoms with Gasteiger partial charge in [0, 0.05) is 24.4 Å². The third kappa shape index (κ3) is 4.29. The van der Waals surface area contributed by atoms with Crippen molar-refractivity contribution < 1.29 is 9.53 Å². The van der Waals surface area contributed by atoms with Gasteiger partial charge in [0.05, 0.1) is 10.7 Å². The zero-order chi connectivity index (χ0) is 18.5. The van der Waals surface area contributed by atoms with Crippen LogP contribution in [-0.2, 0) is 11.8 Å². The lowest BCUT2D eigenvalue weighted by Crippen LogP contribution is -2.20. The second kappa shape index (κ2) is 7.84. The number of ether oxygens (including phenoxy) is 1. The summed E-state index contributed by atoms with van der Waals surface area (Å²) >= 11 is 5.98. The fourth-order valence-electron chi connectivity index (χ4n) is 2.28. The maximum Gasteiger partial charge on any atom is 0.266 e. The molecule has 3 rings (SSSR count). The lowest BCUT2D eigenvalue weighted by molar-refractivity contribution is -0.118. The van der Waals surface area contributed by atoms with E-state index in [1.807, 2.05) is 12.1 Å². The number of nitrogens with zero attached hydrogens (tertiary/aromatic N) is 2. The molecule has 1 N–H and O–H groups in total. The summed E-state index contributed by atoms with van der Waals surface area (Å²) in [6, 6.07) is 17.2. The second-order valence-corrected chi connectivity index (χ2v) is 5.93. The molecule has 3 aromatic rings. The van der Waals surface area contributed by atoms with Gasteiger partial charge in [-0.1, -0.05) is 35.9 Å². The van der Waals surface area contributed by atoms with Gasteiger partial charge in [0.15, 0.2) is 6.61 Å². The zero-order valence-electron chi connectivity index (χ0n) is 14.0. The van der Waals surface area contributed by atoms with E-state index in [9.17, 15) is 9.59 Å². The van der Waals surface area contributed by atoms with Crippen molar-refractivity contribution in [3.8, 4) is 17.0 Å². The summed E-state index contributed by atoms with van der Waals surface area (Å²) in [6.45, 7) is -0.145. The molecule has 132 valence electrons. The molecule has 0 saturated heterocycles. The number of rotatable bonds is 5. The Labute approximate surface area is 155 Å². The van der Waals surface area contributed by atoms with Crippen LogP contribution in [-0.4, -0.2) is 22.3 Å². The van der Waals surface area contributed by atoms with E-state index >= 15 is 0 Å². The molecule has 6 nitrogen and oxygen atoms in total. The minimum Gasteiger partial charge on any atom is -0.482 e. The lowest BCUT2D eigenvalue weighted by atomic mass is 10.1. The van der Waals surface area contributed by atoms with Crippen molar-refractivity contribution in [2.24, 2.45) is 7.05 Å². The van der Waals surface area contributed by atoms with Gasteiger partial charge in [-0.3, -0.25) is 9.59 Å². The Hall–Kier alpha value is -3.12. The number of benzene rings is 2. The van der Waals surface area contributed by atoms with Crippen molar-refractivity contribution in [2.45, 2.75) is 0 Å². The minimum absolute atomic E-state index is 0.145. The van der Waals surface area contributed by atoms with E-state index in [4.69, 9.17) is 16.3 Å². The van der Waals surface area contributed by atoms with Crippen LogP contribution >= 0.6 is 11.6 Å². The van der Waals surface area contributed by atoms with Crippen LogP contribution in [0.1, 0.15) is 0 Å². The maximum absolute atomic E-state index is 12.0. The highest BCUT2D eigenvalue weighted by Gasteiger charge is 2.07. The van der Waals surface area contributed by atoms with Gasteiger partial charge in [0.1, 0.15) is 5.75 Å². The number of nitrogens with one attached hydrogen (secondary N) is 1. The second-order valence-electron chi connectivity index (χ2n) is 5.53. The predicted octanol–water partition coefficient (Wildman–Crippen LogP) is 3.12. The molecule has 0 aliphatic heterocycles. The van der Waals surface area contributed by atoms with E-state index in [1.54, 1.807) is 49.5 Å². The quantitative estimate of drug-likeness (QED) is 0.750. The number of hydrogen-bond donors (Lipinski definition) is 1. The van der Waals surface area contributed by atoms with Gasteiger partial charge in [-0.05, 0) is 30.3 Å². The van der Waals surface area contributed by atoms with Crippen LogP contribution in [0.25, 0.3) is 11.3 Å². The number of carbonyl (C=O) groups is 1. The lowest BCUT2D eigenvalue weighted by Gasteiger charge is -2.09. The Kier molecular flexibility index (Phi) is 5.34. The Morgan fingerprint density at radius 1 is 1.12 bits per heavy atom. The summed E-state index contributed by atoms with van der Waals surface area (Å²) in [7, 11) is 1.60. The molecular weight excluding hydrogens is 354 g/mol. The molecular formula is C19H16ClN3O3. The number of halogens is 1. The van der Waals surface area contributed by atoms with Crippen LogP contribution in [0.2, 0.25) is 5.02 Å². The molecule has 0 bridgehead atoms. The number of para-hydroxylation sites is 1. The van der Waals surface area contributed by atoms with Crippen LogP contribution in [0.15, 0.2) is 65.5 Å². The molecule has 0 aliphatic carbocycles. The SMILES string of the molecule is Cn1nc(-c2ccc(NC(=O)COc3ccccc3Cl)cc2)ccc1=O. The Morgan fingerprint density at radius 3 is 2.54 bits per heavy atom. The molecule has 0 radical (unpaired) electrons. The smallest absolute Gasteiger partial charge is 0.266 e. The standard InChI is InChI=1S/C19H16ClN3O3/c1-23-19(25)11-10-16(22-23)13-6-8-14(9-7-13)21-18(24)12-26-17-5-3-2-4-15(17)20/h2-11H,12H2,1H3,(H,21,24). The predicted molar refractivity (Wildman–Crippen MR) is 100 cm³/mol. The van der Waals surface area contributed by atoms with Gasteiger partial charge >= 0.3 is 0 Å². The first kappa shape index (κ1) is 17.7. The molecule has 0 aliphatic rings. The van der Waals surface area contributed by atoms with Crippen molar-refractivity contribution in [1.82, 2.24) is 9.78 Å². The molecule has 1 amide bonds. The molecule has 0 atom stereocenters. The summed E-state index contributed by atoms with van der Waals surface area (Å²) in [4.78, 5) is 23.4. The van der Waals surface area contributed by atoms with Gasteiger partial charge in [-0.25, -0.2) is 4.68 Å². The van der Waals surface area contributed by atoms with Crippen molar-refractivity contribution in [3.05, 3.63) is 76.0 Å². The van der Waals surface area contributed by atoms with Gasteiger partial charge in [-0.2, -0.15) is 5.10 Å². The normalized spacial score (nSPS) is 10.4. The third-order valence-corrected chi connectivity index (χ3v) is 3.93. The number of anilines is 1. The summed E-state index contributed by atoms with van der Waals surface area (Å²) in [5, 5.41) is 7.39. The van der Waals surface area contributed by atoms with E-state index in [-0.39, 0.29) is 18.1 Å². The number of aromatic nitrogens is 2. The van der Waals surface area contributed by atoms with Crippen LogP contribution in [0.5, 0.6) is 5.75 Å². The summed E-state index contributed by atoms with van der Waals surface area (Å²) in [5.74, 6) is 0.165. The first-order valence-corrected chi connectivity index (χ1v) is 8.23. The fraction of sp³-hybridized carbons (Fsp3) is 0.105. The topological polar surface area (TPSA) is 73.2 Å². The maximum atomic E-state index is 12.0. The monoisotopic (exact) mass is 369 g/mol. The Balaban J connectivity index is 1.62. The van der Waals surface area contributed by atoms with E-state index in [1.165, 1.54) is 10.7 Å². The highest BCUT2D eigenvalue weighted by molar-refractivity contribution is 6.32. The molecule has 0 spiro atoms. The van der Waals surface area contributed by atoms with E-state index in [0.717, 1.165) is 5.56 Å². The van der Waals surface area contributed by atoms with Crippen LogP contribution in [0.3, 0.4) is 0 Å². The summed E-state index contributed by atoms with van der Waals surface area (Å²) in [6.07, 6.45) is 0. The molecule has 0 saturated carbocycles. The summed E-state index contributed by atoms with van der Waals surface area (Å²) < 4.78 is 6.68. The van der Waals surface area contributed by atoms with E-state index in [2.05, 4.69) is 10.4 Å². The van der Waals surface area contributed by atoms with Crippen molar-refractivity contribution in [2.75, 3.05) is 11.9 Å². The average molecular weight is 370 g/mol. The number of carbonyl (C=O) groups excluding carboxylic acids is 1. The highest BCUT2D eigenvalue weighted by atomic mass is 35.5. The number of aryl methyl sites for hydroxylation is 1. The molecule has 0 unspecified atom stereocenters. The first-order valence-electron chi connectivity index (χ1n) is 7.85. The van der Waals surface area contributed by atoms with E-state index < -0.39 is 0 Å². The van der Waals surface area contributed by atoms with Crippen LogP contribution in [0.4, 0.5) is 5.69 Å². The van der Waals surface area contributed by atoms with Crippen LogP contribution in [0, 0.1) is 0 Å². The fourth-order valence-corrected chi connectivity index (χ4v) is 2.47. The molecule has 1 heterocycles. The Morgan fingerprint density at radius 2 is 1.85 bits per heavy atom. The van der Waals surface area contributed by atoms with Gasteiger partial charge in [0.25, 0.3) is 11.5 Å². The molecule has 0 fully saturated rings. The van der Waals surface area contributed by atoms with Gasteiger partial charge in [-0.15, -0.1) is 0 Å². The van der Waals surface area contributed by atoms with E-state index in [0.29, 0.717) is 22.2 Å². The van der Waals surface area contributed by atoms with Crippen molar-refractivity contribution in [3.63, 3.8) is 0 Å². The molecule has 2 aromatic carbocycles. The molecule has 26 heavy (non-hydrogen) atoms. The number of hydrogen-bond acceptors (Lipinski definition) is 4. The van der Waals surface area contributed by atoms with Crippen LogP contribution < -0.4 is 15.6 Å². The minimum atomic E-state index is -0.294. The van der Waals surface area contributed by atoms with Crippen molar-refractivity contribution in [1.29, 1.82) is 0 Å². The van der Waals surface area contributed by atoms with Gasteiger partial charge in [0.2, 0.25) is 0 Å². The highest BCUT2D eigenvalue weighted by Crippen LogP contribution is 2.23. The third-order valence-electron chi connectivity index (χ3n) is 3.62. The zero-order valence-corrected chi connectivity index (χ0v) is 14.7. The molecule has 7 heteroatoms. The first-order chi connectivity index (χ1) is 12.5. The number of amides is 1. The summed E-state index contributed by atoms with van der Waals surface area (Å²) in [5.41, 5.74) is 1.97. The van der Waals surface area contributed by atoms with Crippen molar-refractivity contribution >= 4 is 23.2 Å². The van der Waals surface area contributed by atoms with Gasteiger partial charge < -0.3 is 10.1 Å². The largest absolute Gasteiger partial charge is 0.482 e.